The standard InChI is InChI=1S/C13H18BrNO3S/c1-15(7-4-8-16)19(17,18)13-9-11(13)10-5-2-3-6-12(10)14/h2-3,5-6,11,13,16H,4,7-9H2,1H3. The summed E-state index contributed by atoms with van der Waals surface area (Å²) in [7, 11) is -1.67. The number of halogens is 1. The normalized spacial score (nSPS) is 22.7. The Labute approximate surface area is 122 Å². The van der Waals surface area contributed by atoms with E-state index in [1.54, 1.807) is 7.05 Å². The minimum atomic E-state index is -3.25. The van der Waals surface area contributed by atoms with Crippen molar-refractivity contribution in [3.63, 3.8) is 0 Å². The zero-order chi connectivity index (χ0) is 14.0. The third-order valence-corrected chi connectivity index (χ3v) is 6.54. The Morgan fingerprint density at radius 2 is 2.11 bits per heavy atom. The van der Waals surface area contributed by atoms with E-state index < -0.39 is 10.0 Å². The van der Waals surface area contributed by atoms with Crippen molar-refractivity contribution in [2.75, 3.05) is 20.2 Å². The van der Waals surface area contributed by atoms with Crippen molar-refractivity contribution in [1.29, 1.82) is 0 Å². The van der Waals surface area contributed by atoms with Gasteiger partial charge in [0.1, 0.15) is 0 Å². The molecule has 0 spiro atoms. The molecule has 2 rings (SSSR count). The van der Waals surface area contributed by atoms with Crippen LogP contribution in [0.5, 0.6) is 0 Å². The molecule has 0 radical (unpaired) electrons. The first kappa shape index (κ1) is 15.0. The minimum absolute atomic E-state index is 0.0121. The highest BCUT2D eigenvalue weighted by molar-refractivity contribution is 9.10. The maximum Gasteiger partial charge on any atom is 0.217 e. The van der Waals surface area contributed by atoms with Gasteiger partial charge in [0, 0.05) is 30.6 Å². The number of rotatable bonds is 6. The molecule has 6 heteroatoms. The molecule has 1 aromatic carbocycles. The van der Waals surface area contributed by atoms with E-state index in [2.05, 4.69) is 15.9 Å². The molecule has 0 bridgehead atoms. The molecular formula is C13H18BrNO3S. The van der Waals surface area contributed by atoms with Gasteiger partial charge >= 0.3 is 0 Å². The number of aliphatic hydroxyl groups is 1. The Balaban J connectivity index is 2.08. The van der Waals surface area contributed by atoms with Crippen molar-refractivity contribution < 1.29 is 13.5 Å². The lowest BCUT2D eigenvalue weighted by molar-refractivity contribution is 0.275. The molecule has 1 aromatic rings. The molecule has 4 nitrogen and oxygen atoms in total. The molecule has 0 amide bonds. The minimum Gasteiger partial charge on any atom is -0.396 e. The van der Waals surface area contributed by atoms with Crippen molar-refractivity contribution >= 4 is 26.0 Å². The topological polar surface area (TPSA) is 57.6 Å². The van der Waals surface area contributed by atoms with E-state index in [1.807, 2.05) is 24.3 Å². The Bertz CT molecular complexity index is 547. The molecule has 19 heavy (non-hydrogen) atoms. The van der Waals surface area contributed by atoms with E-state index in [4.69, 9.17) is 5.11 Å². The molecular weight excluding hydrogens is 330 g/mol. The van der Waals surface area contributed by atoms with E-state index in [0.717, 1.165) is 10.0 Å². The number of hydrogen-bond donors (Lipinski definition) is 1. The molecule has 2 unspecified atom stereocenters. The lowest BCUT2D eigenvalue weighted by atomic mass is 10.1. The highest BCUT2D eigenvalue weighted by Gasteiger charge is 2.50. The monoisotopic (exact) mass is 347 g/mol. The highest BCUT2D eigenvalue weighted by Crippen LogP contribution is 2.48. The first-order valence-corrected chi connectivity index (χ1v) is 8.58. The summed E-state index contributed by atoms with van der Waals surface area (Å²) in [5.41, 5.74) is 1.06. The third-order valence-electron chi connectivity index (χ3n) is 3.48. The fraction of sp³-hybridized carbons (Fsp3) is 0.538. The Morgan fingerprint density at radius 3 is 2.74 bits per heavy atom. The maximum absolute atomic E-state index is 12.3. The molecule has 0 heterocycles. The van der Waals surface area contributed by atoms with Gasteiger partial charge in [-0.25, -0.2) is 12.7 Å². The number of aliphatic hydroxyl groups excluding tert-OH is 1. The molecule has 0 aliphatic heterocycles. The molecule has 1 saturated carbocycles. The fourth-order valence-corrected chi connectivity index (χ4v) is 4.69. The summed E-state index contributed by atoms with van der Waals surface area (Å²) < 4.78 is 27.0. The summed E-state index contributed by atoms with van der Waals surface area (Å²) in [5.74, 6) is 0.0807. The summed E-state index contributed by atoms with van der Waals surface area (Å²) in [6, 6.07) is 7.76. The van der Waals surface area contributed by atoms with E-state index >= 15 is 0 Å². The smallest absolute Gasteiger partial charge is 0.217 e. The average molecular weight is 348 g/mol. The lowest BCUT2D eigenvalue weighted by Crippen LogP contribution is -2.32. The van der Waals surface area contributed by atoms with Gasteiger partial charge in [0.15, 0.2) is 0 Å². The first-order valence-electron chi connectivity index (χ1n) is 6.29. The van der Waals surface area contributed by atoms with Crippen LogP contribution in [-0.2, 0) is 10.0 Å². The molecule has 1 N–H and O–H groups in total. The second-order valence-corrected chi connectivity index (χ2v) is 7.96. The number of sulfonamides is 1. The maximum atomic E-state index is 12.3. The van der Waals surface area contributed by atoms with Crippen molar-refractivity contribution in [3.8, 4) is 0 Å². The van der Waals surface area contributed by atoms with Gasteiger partial charge < -0.3 is 5.11 Å². The van der Waals surface area contributed by atoms with Crippen LogP contribution in [0.4, 0.5) is 0 Å². The zero-order valence-corrected chi connectivity index (χ0v) is 13.2. The van der Waals surface area contributed by atoms with Crippen LogP contribution < -0.4 is 0 Å². The molecule has 1 fully saturated rings. The van der Waals surface area contributed by atoms with Crippen LogP contribution in [0.25, 0.3) is 0 Å². The number of hydrogen-bond acceptors (Lipinski definition) is 3. The Morgan fingerprint density at radius 1 is 1.42 bits per heavy atom. The molecule has 2 atom stereocenters. The van der Waals surface area contributed by atoms with Gasteiger partial charge in [-0.2, -0.15) is 0 Å². The average Bonchev–Trinajstić information content (AvgIpc) is 3.17. The fourth-order valence-electron chi connectivity index (χ4n) is 2.26. The predicted molar refractivity (Wildman–Crippen MR) is 78.5 cm³/mol. The van der Waals surface area contributed by atoms with E-state index in [9.17, 15) is 8.42 Å². The van der Waals surface area contributed by atoms with Crippen LogP contribution in [0.1, 0.15) is 24.3 Å². The quantitative estimate of drug-likeness (QED) is 0.855. The van der Waals surface area contributed by atoms with Crippen LogP contribution in [-0.4, -0.2) is 43.3 Å². The first-order chi connectivity index (χ1) is 8.98. The van der Waals surface area contributed by atoms with Crippen LogP contribution >= 0.6 is 15.9 Å². The van der Waals surface area contributed by atoms with Crippen LogP contribution in [0, 0.1) is 0 Å². The van der Waals surface area contributed by atoms with Gasteiger partial charge in [-0.15, -0.1) is 0 Å². The summed E-state index contributed by atoms with van der Waals surface area (Å²) in [5, 5.41) is 8.45. The van der Waals surface area contributed by atoms with Crippen molar-refractivity contribution in [2.45, 2.75) is 24.0 Å². The zero-order valence-electron chi connectivity index (χ0n) is 10.8. The Kier molecular flexibility index (Phi) is 4.66. The molecule has 0 saturated heterocycles. The van der Waals surface area contributed by atoms with Crippen molar-refractivity contribution in [1.82, 2.24) is 4.31 Å². The van der Waals surface area contributed by atoms with Crippen LogP contribution in [0.15, 0.2) is 28.7 Å². The van der Waals surface area contributed by atoms with Gasteiger partial charge in [-0.05, 0) is 24.5 Å². The van der Waals surface area contributed by atoms with Crippen molar-refractivity contribution in [2.24, 2.45) is 0 Å². The van der Waals surface area contributed by atoms with Gasteiger partial charge in [0.25, 0.3) is 0 Å². The summed E-state index contributed by atoms with van der Waals surface area (Å²) in [6.07, 6.45) is 1.15. The summed E-state index contributed by atoms with van der Waals surface area (Å²) in [4.78, 5) is 0. The SMILES string of the molecule is CN(CCCO)S(=O)(=O)C1CC1c1ccccc1Br. The number of benzene rings is 1. The second-order valence-electron chi connectivity index (χ2n) is 4.85. The highest BCUT2D eigenvalue weighted by atomic mass is 79.9. The molecule has 1 aliphatic carbocycles. The van der Waals surface area contributed by atoms with Crippen LogP contribution in [0.2, 0.25) is 0 Å². The van der Waals surface area contributed by atoms with E-state index in [0.29, 0.717) is 19.4 Å². The largest absolute Gasteiger partial charge is 0.396 e. The van der Waals surface area contributed by atoms with Gasteiger partial charge in [0.2, 0.25) is 10.0 Å². The summed E-state index contributed by atoms with van der Waals surface area (Å²) >= 11 is 3.47. The second kappa shape index (κ2) is 5.91. The molecule has 1 aliphatic rings. The van der Waals surface area contributed by atoms with Gasteiger partial charge in [-0.3, -0.25) is 0 Å². The van der Waals surface area contributed by atoms with Gasteiger partial charge in [-0.1, -0.05) is 34.1 Å². The van der Waals surface area contributed by atoms with Gasteiger partial charge in [0.05, 0.1) is 5.25 Å². The lowest BCUT2D eigenvalue weighted by Gasteiger charge is -2.16. The molecule has 0 aromatic heterocycles. The van der Waals surface area contributed by atoms with E-state index in [1.165, 1.54) is 4.31 Å². The van der Waals surface area contributed by atoms with Crippen molar-refractivity contribution in [3.05, 3.63) is 34.3 Å². The van der Waals surface area contributed by atoms with Crippen LogP contribution in [0.3, 0.4) is 0 Å². The number of nitrogens with zero attached hydrogens (tertiary/aromatic N) is 1. The summed E-state index contributed by atoms with van der Waals surface area (Å²) in [6.45, 7) is 0.385. The third kappa shape index (κ3) is 3.18. The van der Waals surface area contributed by atoms with E-state index in [-0.39, 0.29) is 17.8 Å². The Hall–Kier alpha value is -0.430. The molecule has 106 valence electrons. The predicted octanol–water partition coefficient (Wildman–Crippen LogP) is 1.95.